The zero-order valence-corrected chi connectivity index (χ0v) is 15.7. The highest BCUT2D eigenvalue weighted by atomic mass is 16.5. The molecule has 1 atom stereocenters. The Morgan fingerprint density at radius 1 is 1.19 bits per heavy atom. The summed E-state index contributed by atoms with van der Waals surface area (Å²) in [5.74, 6) is 1.32. The van der Waals surface area contributed by atoms with Gasteiger partial charge in [0, 0.05) is 36.1 Å². The molecule has 26 heavy (non-hydrogen) atoms. The quantitative estimate of drug-likeness (QED) is 0.795. The average Bonchev–Trinajstić information content (AvgIpc) is 3.14. The normalized spacial score (nSPS) is 16.6. The van der Waals surface area contributed by atoms with Crippen LogP contribution in [0.2, 0.25) is 0 Å². The number of pyridine rings is 1. The molecule has 138 valence electrons. The van der Waals surface area contributed by atoms with Gasteiger partial charge in [-0.15, -0.1) is 0 Å². The number of aryl methyl sites for hydroxylation is 2. The van der Waals surface area contributed by atoms with Crippen molar-refractivity contribution in [2.75, 3.05) is 20.8 Å². The first-order valence-corrected chi connectivity index (χ1v) is 9.06. The minimum atomic E-state index is 0.0515. The van der Waals surface area contributed by atoms with E-state index >= 15 is 0 Å². The molecule has 5 nitrogen and oxygen atoms in total. The fraction of sp³-hybridized carbons (Fsp3) is 0.429. The molecule has 0 spiro atoms. The van der Waals surface area contributed by atoms with E-state index < -0.39 is 0 Å². The maximum Gasteiger partial charge on any atom is 0.254 e. The minimum Gasteiger partial charge on any atom is -0.497 e. The van der Waals surface area contributed by atoms with Gasteiger partial charge in [0.15, 0.2) is 0 Å². The standard InChI is InChI=1S/C21H26N2O3/c1-15-11-16(8-9-22-15)6-7-18-5-4-10-23(18)21(24)17-12-19(25-2)14-20(13-17)26-3/h8-9,11-14,18H,4-7,10H2,1-3H3/t18-/m0/s1. The van der Waals surface area contributed by atoms with Crippen molar-refractivity contribution in [3.63, 3.8) is 0 Å². The van der Waals surface area contributed by atoms with Gasteiger partial charge < -0.3 is 14.4 Å². The van der Waals surface area contributed by atoms with Crippen molar-refractivity contribution in [3.8, 4) is 11.5 Å². The van der Waals surface area contributed by atoms with Crippen LogP contribution >= 0.6 is 0 Å². The van der Waals surface area contributed by atoms with E-state index in [-0.39, 0.29) is 11.9 Å². The summed E-state index contributed by atoms with van der Waals surface area (Å²) in [6.07, 6.45) is 5.88. The predicted octanol–water partition coefficient (Wildman–Crippen LogP) is 3.64. The number of carbonyl (C=O) groups is 1. The third-order valence-corrected chi connectivity index (χ3v) is 4.96. The highest BCUT2D eigenvalue weighted by Crippen LogP contribution is 2.28. The van der Waals surface area contributed by atoms with Gasteiger partial charge in [-0.25, -0.2) is 0 Å². The van der Waals surface area contributed by atoms with Gasteiger partial charge in [-0.05, 0) is 62.4 Å². The Morgan fingerprint density at radius 3 is 2.58 bits per heavy atom. The SMILES string of the molecule is COc1cc(OC)cc(C(=O)N2CCC[C@H]2CCc2ccnc(C)c2)c1. The van der Waals surface area contributed by atoms with Crippen LogP contribution in [0.25, 0.3) is 0 Å². The molecule has 1 fully saturated rings. The first-order valence-electron chi connectivity index (χ1n) is 9.06. The van der Waals surface area contributed by atoms with Gasteiger partial charge in [0.1, 0.15) is 11.5 Å². The van der Waals surface area contributed by atoms with Gasteiger partial charge in [0.25, 0.3) is 5.91 Å². The summed E-state index contributed by atoms with van der Waals surface area (Å²) in [6.45, 7) is 2.81. The molecule has 1 aliphatic rings. The number of rotatable bonds is 6. The third kappa shape index (κ3) is 4.15. The highest BCUT2D eigenvalue weighted by Gasteiger charge is 2.29. The van der Waals surface area contributed by atoms with Crippen molar-refractivity contribution in [3.05, 3.63) is 53.3 Å². The number of aromatic nitrogens is 1. The molecule has 2 heterocycles. The smallest absolute Gasteiger partial charge is 0.254 e. The fourth-order valence-corrected chi connectivity index (χ4v) is 3.59. The lowest BCUT2D eigenvalue weighted by Gasteiger charge is -2.25. The summed E-state index contributed by atoms with van der Waals surface area (Å²) < 4.78 is 10.6. The van der Waals surface area contributed by atoms with Crippen LogP contribution in [0.3, 0.4) is 0 Å². The van der Waals surface area contributed by atoms with E-state index in [2.05, 4.69) is 17.1 Å². The Labute approximate surface area is 155 Å². The summed E-state index contributed by atoms with van der Waals surface area (Å²) in [7, 11) is 3.19. The van der Waals surface area contributed by atoms with Crippen LogP contribution in [0.1, 0.15) is 40.9 Å². The topological polar surface area (TPSA) is 51.7 Å². The Balaban J connectivity index is 1.72. The van der Waals surface area contributed by atoms with Crippen molar-refractivity contribution >= 4 is 5.91 Å². The molecule has 1 aromatic carbocycles. The molecular weight excluding hydrogens is 328 g/mol. The molecular formula is C21H26N2O3. The molecule has 5 heteroatoms. The first kappa shape index (κ1) is 18.2. The van der Waals surface area contributed by atoms with Crippen molar-refractivity contribution < 1.29 is 14.3 Å². The number of nitrogens with zero attached hydrogens (tertiary/aromatic N) is 2. The minimum absolute atomic E-state index is 0.0515. The van der Waals surface area contributed by atoms with Crippen molar-refractivity contribution in [1.29, 1.82) is 0 Å². The van der Waals surface area contributed by atoms with E-state index in [1.165, 1.54) is 5.56 Å². The molecule has 1 amide bonds. The number of hydrogen-bond acceptors (Lipinski definition) is 4. The predicted molar refractivity (Wildman–Crippen MR) is 101 cm³/mol. The van der Waals surface area contributed by atoms with Crippen LogP contribution in [-0.4, -0.2) is 42.6 Å². The average molecular weight is 354 g/mol. The highest BCUT2D eigenvalue weighted by molar-refractivity contribution is 5.95. The molecule has 0 N–H and O–H groups in total. The van der Waals surface area contributed by atoms with Crippen molar-refractivity contribution in [1.82, 2.24) is 9.88 Å². The van der Waals surface area contributed by atoms with Gasteiger partial charge in [-0.3, -0.25) is 9.78 Å². The van der Waals surface area contributed by atoms with Crippen molar-refractivity contribution in [2.45, 2.75) is 38.6 Å². The second-order valence-electron chi connectivity index (χ2n) is 6.74. The number of methoxy groups -OCH3 is 2. The largest absolute Gasteiger partial charge is 0.497 e. The van der Waals surface area contributed by atoms with Crippen LogP contribution in [0.15, 0.2) is 36.5 Å². The summed E-state index contributed by atoms with van der Waals surface area (Å²) >= 11 is 0. The van der Waals surface area contributed by atoms with E-state index in [0.29, 0.717) is 17.1 Å². The molecule has 1 saturated heterocycles. The van der Waals surface area contributed by atoms with Gasteiger partial charge in [-0.2, -0.15) is 0 Å². The van der Waals surface area contributed by atoms with E-state index in [0.717, 1.165) is 37.9 Å². The van der Waals surface area contributed by atoms with E-state index in [1.54, 1.807) is 32.4 Å². The summed E-state index contributed by atoms with van der Waals surface area (Å²) in [4.78, 5) is 19.3. The molecule has 0 radical (unpaired) electrons. The number of likely N-dealkylation sites (tertiary alicyclic amines) is 1. The van der Waals surface area contributed by atoms with Crippen LogP contribution in [0.5, 0.6) is 11.5 Å². The molecule has 2 aromatic rings. The lowest BCUT2D eigenvalue weighted by molar-refractivity contribution is 0.0730. The Bertz CT molecular complexity index is 753. The number of benzene rings is 1. The fourth-order valence-electron chi connectivity index (χ4n) is 3.59. The Hall–Kier alpha value is -2.56. The zero-order chi connectivity index (χ0) is 18.5. The van der Waals surface area contributed by atoms with Gasteiger partial charge in [-0.1, -0.05) is 0 Å². The molecule has 1 aliphatic heterocycles. The molecule has 0 bridgehead atoms. The number of hydrogen-bond donors (Lipinski definition) is 0. The van der Waals surface area contributed by atoms with Crippen LogP contribution in [-0.2, 0) is 6.42 Å². The summed E-state index contributed by atoms with van der Waals surface area (Å²) in [5.41, 5.74) is 2.93. The van der Waals surface area contributed by atoms with E-state index in [4.69, 9.17) is 9.47 Å². The molecule has 0 unspecified atom stereocenters. The lowest BCUT2D eigenvalue weighted by Crippen LogP contribution is -2.35. The lowest BCUT2D eigenvalue weighted by atomic mass is 10.0. The summed E-state index contributed by atoms with van der Waals surface area (Å²) in [5, 5.41) is 0. The number of ether oxygens (including phenoxy) is 2. The Morgan fingerprint density at radius 2 is 1.92 bits per heavy atom. The molecule has 3 rings (SSSR count). The number of amides is 1. The van der Waals surface area contributed by atoms with Crippen LogP contribution < -0.4 is 9.47 Å². The van der Waals surface area contributed by atoms with Crippen LogP contribution in [0, 0.1) is 6.92 Å². The number of carbonyl (C=O) groups excluding carboxylic acids is 1. The van der Waals surface area contributed by atoms with Crippen molar-refractivity contribution in [2.24, 2.45) is 0 Å². The molecule has 0 saturated carbocycles. The molecule has 1 aromatic heterocycles. The maximum absolute atomic E-state index is 13.1. The van der Waals surface area contributed by atoms with E-state index in [9.17, 15) is 4.79 Å². The zero-order valence-electron chi connectivity index (χ0n) is 15.7. The summed E-state index contributed by atoms with van der Waals surface area (Å²) in [6, 6.07) is 9.80. The first-order chi connectivity index (χ1) is 12.6. The third-order valence-electron chi connectivity index (χ3n) is 4.96. The second-order valence-corrected chi connectivity index (χ2v) is 6.74. The van der Waals surface area contributed by atoms with E-state index in [1.807, 2.05) is 18.0 Å². The maximum atomic E-state index is 13.1. The molecule has 0 aliphatic carbocycles. The van der Waals surface area contributed by atoms with Gasteiger partial charge >= 0.3 is 0 Å². The monoisotopic (exact) mass is 354 g/mol. The van der Waals surface area contributed by atoms with Gasteiger partial charge in [0.2, 0.25) is 0 Å². The second kappa shape index (κ2) is 8.21. The Kier molecular flexibility index (Phi) is 5.76. The van der Waals surface area contributed by atoms with Crippen LogP contribution in [0.4, 0.5) is 0 Å². The van der Waals surface area contributed by atoms with Gasteiger partial charge in [0.05, 0.1) is 14.2 Å².